The van der Waals surface area contributed by atoms with Gasteiger partial charge in [-0.25, -0.2) is 9.18 Å². The van der Waals surface area contributed by atoms with Crippen molar-refractivity contribution in [2.75, 3.05) is 0 Å². The van der Waals surface area contributed by atoms with E-state index < -0.39 is 11.8 Å². The highest BCUT2D eigenvalue weighted by Gasteiger charge is 2.09. The molecule has 2 N–H and O–H groups in total. The Hall–Kier alpha value is -2.36. The van der Waals surface area contributed by atoms with Gasteiger partial charge in [0.2, 0.25) is 0 Å². The molecule has 0 aromatic heterocycles. The first-order valence-corrected chi connectivity index (χ1v) is 5.31. The molecule has 0 bridgehead atoms. The number of carboxylic acid groups (broad SMARTS) is 1. The van der Waals surface area contributed by atoms with Crippen molar-refractivity contribution in [2.45, 2.75) is 6.92 Å². The zero-order valence-electron chi connectivity index (χ0n) is 9.64. The molecular formula is C14H11FO3. The van der Waals surface area contributed by atoms with Crippen LogP contribution in [0.2, 0.25) is 0 Å². The van der Waals surface area contributed by atoms with Gasteiger partial charge in [-0.1, -0.05) is 6.07 Å². The molecule has 0 radical (unpaired) electrons. The summed E-state index contributed by atoms with van der Waals surface area (Å²) in [7, 11) is 0. The summed E-state index contributed by atoms with van der Waals surface area (Å²) in [6, 6.07) is 8.32. The van der Waals surface area contributed by atoms with Crippen LogP contribution in [0.3, 0.4) is 0 Å². The highest BCUT2D eigenvalue weighted by atomic mass is 19.1. The SMILES string of the molecule is Cc1cc(C(=O)O)ccc1-c1cc(O)cc(F)c1. The van der Waals surface area contributed by atoms with Crippen LogP contribution in [0.15, 0.2) is 36.4 Å². The van der Waals surface area contributed by atoms with Gasteiger partial charge in [0.15, 0.2) is 0 Å². The lowest BCUT2D eigenvalue weighted by Crippen LogP contribution is -1.97. The van der Waals surface area contributed by atoms with Crippen LogP contribution in [0, 0.1) is 12.7 Å². The Labute approximate surface area is 103 Å². The molecule has 0 saturated carbocycles. The molecule has 92 valence electrons. The minimum atomic E-state index is -1.01. The molecule has 4 heteroatoms. The average Bonchev–Trinajstić information content (AvgIpc) is 2.27. The highest BCUT2D eigenvalue weighted by Crippen LogP contribution is 2.28. The maximum atomic E-state index is 13.2. The third kappa shape index (κ3) is 2.32. The fourth-order valence-corrected chi connectivity index (χ4v) is 1.85. The molecule has 2 rings (SSSR count). The van der Waals surface area contributed by atoms with Gasteiger partial charge in [-0.3, -0.25) is 0 Å². The number of rotatable bonds is 2. The number of hydrogen-bond donors (Lipinski definition) is 2. The summed E-state index contributed by atoms with van der Waals surface area (Å²) >= 11 is 0. The third-order valence-electron chi connectivity index (χ3n) is 2.67. The van der Waals surface area contributed by atoms with Crippen molar-refractivity contribution < 1.29 is 19.4 Å². The Morgan fingerprint density at radius 1 is 1.17 bits per heavy atom. The minimum Gasteiger partial charge on any atom is -0.508 e. The number of halogens is 1. The predicted octanol–water partition coefficient (Wildman–Crippen LogP) is 3.20. The van der Waals surface area contributed by atoms with E-state index in [4.69, 9.17) is 5.11 Å². The number of aromatic hydroxyl groups is 1. The van der Waals surface area contributed by atoms with E-state index in [-0.39, 0.29) is 11.3 Å². The van der Waals surface area contributed by atoms with Gasteiger partial charge in [0, 0.05) is 6.07 Å². The van der Waals surface area contributed by atoms with Crippen molar-refractivity contribution in [3.63, 3.8) is 0 Å². The van der Waals surface area contributed by atoms with Crippen LogP contribution in [0.4, 0.5) is 4.39 Å². The average molecular weight is 246 g/mol. The summed E-state index contributed by atoms with van der Waals surface area (Å²) in [5.74, 6) is -1.70. The van der Waals surface area contributed by atoms with Crippen molar-refractivity contribution in [2.24, 2.45) is 0 Å². The van der Waals surface area contributed by atoms with E-state index in [2.05, 4.69) is 0 Å². The van der Waals surface area contributed by atoms with E-state index in [9.17, 15) is 14.3 Å². The summed E-state index contributed by atoms with van der Waals surface area (Å²) in [5, 5.41) is 18.2. The first-order chi connectivity index (χ1) is 8.47. The molecule has 0 heterocycles. The summed E-state index contributed by atoms with van der Waals surface area (Å²) in [6.07, 6.45) is 0. The van der Waals surface area contributed by atoms with Crippen LogP contribution >= 0.6 is 0 Å². The third-order valence-corrected chi connectivity index (χ3v) is 2.67. The first kappa shape index (κ1) is 12.1. The molecule has 18 heavy (non-hydrogen) atoms. The quantitative estimate of drug-likeness (QED) is 0.855. The van der Waals surface area contributed by atoms with E-state index in [0.717, 1.165) is 6.07 Å². The van der Waals surface area contributed by atoms with Gasteiger partial charge in [-0.15, -0.1) is 0 Å². The van der Waals surface area contributed by atoms with Crippen molar-refractivity contribution >= 4 is 5.97 Å². The molecule has 0 atom stereocenters. The van der Waals surface area contributed by atoms with E-state index in [1.807, 2.05) is 0 Å². The predicted molar refractivity (Wildman–Crippen MR) is 65.2 cm³/mol. The molecule has 0 aliphatic heterocycles. The lowest BCUT2D eigenvalue weighted by molar-refractivity contribution is 0.0697. The van der Waals surface area contributed by atoms with Gasteiger partial charge in [-0.2, -0.15) is 0 Å². The molecule has 0 spiro atoms. The Morgan fingerprint density at radius 2 is 1.89 bits per heavy atom. The zero-order valence-corrected chi connectivity index (χ0v) is 9.64. The lowest BCUT2D eigenvalue weighted by atomic mass is 9.98. The number of phenols is 1. The second-order valence-electron chi connectivity index (χ2n) is 4.03. The molecule has 0 unspecified atom stereocenters. The second-order valence-corrected chi connectivity index (χ2v) is 4.03. The Balaban J connectivity index is 2.54. The van der Waals surface area contributed by atoms with Crippen molar-refractivity contribution in [1.29, 1.82) is 0 Å². The van der Waals surface area contributed by atoms with Gasteiger partial charge >= 0.3 is 5.97 Å². The Bertz CT molecular complexity index is 600. The molecule has 0 aliphatic carbocycles. The van der Waals surface area contributed by atoms with Gasteiger partial charge in [0.1, 0.15) is 11.6 Å². The fraction of sp³-hybridized carbons (Fsp3) is 0.0714. The number of hydrogen-bond acceptors (Lipinski definition) is 2. The van der Waals surface area contributed by atoms with Gasteiger partial charge in [-0.05, 0) is 47.9 Å². The van der Waals surface area contributed by atoms with E-state index in [1.165, 1.54) is 24.3 Å². The van der Waals surface area contributed by atoms with E-state index in [0.29, 0.717) is 16.7 Å². The molecule has 2 aromatic rings. The highest BCUT2D eigenvalue weighted by molar-refractivity contribution is 5.89. The van der Waals surface area contributed by atoms with Crippen LogP contribution in [0.25, 0.3) is 11.1 Å². The zero-order chi connectivity index (χ0) is 13.3. The van der Waals surface area contributed by atoms with Crippen LogP contribution in [-0.2, 0) is 0 Å². The normalized spacial score (nSPS) is 10.3. The number of carboxylic acids is 1. The maximum absolute atomic E-state index is 13.2. The summed E-state index contributed by atoms with van der Waals surface area (Å²) in [5.41, 5.74) is 2.09. The molecule has 2 aromatic carbocycles. The number of phenolic OH excluding ortho intramolecular Hbond substituents is 1. The lowest BCUT2D eigenvalue weighted by Gasteiger charge is -2.08. The Kier molecular flexibility index (Phi) is 3.02. The van der Waals surface area contributed by atoms with E-state index in [1.54, 1.807) is 13.0 Å². The molecule has 0 aliphatic rings. The monoisotopic (exact) mass is 246 g/mol. The molecular weight excluding hydrogens is 235 g/mol. The fourth-order valence-electron chi connectivity index (χ4n) is 1.85. The summed E-state index contributed by atoms with van der Waals surface area (Å²) in [6.45, 7) is 1.74. The number of benzene rings is 2. The minimum absolute atomic E-state index is 0.160. The van der Waals surface area contributed by atoms with Crippen LogP contribution in [0.1, 0.15) is 15.9 Å². The van der Waals surface area contributed by atoms with Gasteiger partial charge in [0.25, 0.3) is 0 Å². The van der Waals surface area contributed by atoms with Crippen LogP contribution in [-0.4, -0.2) is 16.2 Å². The van der Waals surface area contributed by atoms with Crippen molar-refractivity contribution in [3.05, 3.63) is 53.3 Å². The first-order valence-electron chi connectivity index (χ1n) is 5.31. The van der Waals surface area contributed by atoms with Crippen molar-refractivity contribution in [1.82, 2.24) is 0 Å². The summed E-state index contributed by atoms with van der Waals surface area (Å²) in [4.78, 5) is 10.8. The maximum Gasteiger partial charge on any atom is 0.335 e. The molecule has 0 saturated heterocycles. The van der Waals surface area contributed by atoms with Gasteiger partial charge in [0.05, 0.1) is 5.56 Å². The standard InChI is InChI=1S/C14H11FO3/c1-8-4-9(14(17)18)2-3-13(8)10-5-11(15)7-12(16)6-10/h2-7,16H,1H3,(H,17,18). The largest absolute Gasteiger partial charge is 0.508 e. The smallest absolute Gasteiger partial charge is 0.335 e. The van der Waals surface area contributed by atoms with Crippen LogP contribution in [0.5, 0.6) is 5.75 Å². The number of carbonyl (C=O) groups is 1. The van der Waals surface area contributed by atoms with Crippen LogP contribution < -0.4 is 0 Å². The molecule has 3 nitrogen and oxygen atoms in total. The second kappa shape index (κ2) is 4.49. The number of aromatic carboxylic acids is 1. The molecule has 0 fully saturated rings. The summed E-state index contributed by atoms with van der Waals surface area (Å²) < 4.78 is 13.2. The number of aryl methyl sites for hydroxylation is 1. The van der Waals surface area contributed by atoms with Gasteiger partial charge < -0.3 is 10.2 Å². The Morgan fingerprint density at radius 3 is 2.44 bits per heavy atom. The van der Waals surface area contributed by atoms with Crippen molar-refractivity contribution in [3.8, 4) is 16.9 Å². The van der Waals surface area contributed by atoms with E-state index >= 15 is 0 Å². The topological polar surface area (TPSA) is 57.5 Å². The molecule has 0 amide bonds.